The van der Waals surface area contributed by atoms with Gasteiger partial charge in [-0.15, -0.1) is 11.8 Å². The van der Waals surface area contributed by atoms with Crippen LogP contribution in [-0.2, 0) is 20.8 Å². The van der Waals surface area contributed by atoms with Gasteiger partial charge in [0.2, 0.25) is 0 Å². The van der Waals surface area contributed by atoms with Gasteiger partial charge >= 0.3 is 11.9 Å². The maximum atomic E-state index is 13.2. The van der Waals surface area contributed by atoms with Crippen LogP contribution in [0.15, 0.2) is 126 Å². The van der Waals surface area contributed by atoms with Crippen molar-refractivity contribution in [2.45, 2.75) is 36.0 Å². The van der Waals surface area contributed by atoms with E-state index in [9.17, 15) is 19.5 Å². The number of amides is 1. The number of ether oxygens (including phenoxy) is 3. The average Bonchev–Trinajstić information content (AvgIpc) is 3.43. The number of nitrogens with one attached hydrogen (secondary N) is 1. The standard InChI is InChI=1S/C38H30N2O7S/c41-21-23-12-14-25(15-13-23)34-33(24-7-2-1-3-8-24)31(22-48-32-11-4-5-18-39-32)45-38(46-34)27-9-6-10-28(19-27)40-35(42)26-16-17-29-30(20-26)37(44)47-36(29)43/h1-20,31,33-34,38,41H,21-22H2,(H,40,42). The number of esters is 2. The lowest BCUT2D eigenvalue weighted by atomic mass is 9.84. The predicted molar refractivity (Wildman–Crippen MR) is 179 cm³/mol. The van der Waals surface area contributed by atoms with Crippen LogP contribution in [0.2, 0.25) is 0 Å². The lowest BCUT2D eigenvalue weighted by molar-refractivity contribution is -0.255. The second-order valence-electron chi connectivity index (χ2n) is 11.4. The predicted octanol–water partition coefficient (Wildman–Crippen LogP) is 6.87. The van der Waals surface area contributed by atoms with Crippen molar-refractivity contribution in [3.8, 4) is 0 Å². The van der Waals surface area contributed by atoms with Gasteiger partial charge in [0.25, 0.3) is 5.91 Å². The van der Waals surface area contributed by atoms with E-state index in [1.165, 1.54) is 18.2 Å². The summed E-state index contributed by atoms with van der Waals surface area (Å²) in [6.07, 6.45) is 0.289. The van der Waals surface area contributed by atoms with Crippen LogP contribution in [0.25, 0.3) is 0 Å². The molecule has 1 saturated heterocycles. The van der Waals surface area contributed by atoms with Gasteiger partial charge in [0, 0.05) is 34.7 Å². The Morgan fingerprint density at radius 2 is 1.54 bits per heavy atom. The molecule has 2 N–H and O–H groups in total. The summed E-state index contributed by atoms with van der Waals surface area (Å²) in [4.78, 5) is 41.6. The molecule has 2 aliphatic rings. The van der Waals surface area contributed by atoms with E-state index in [-0.39, 0.29) is 35.3 Å². The first-order chi connectivity index (χ1) is 23.5. The monoisotopic (exact) mass is 658 g/mol. The number of benzene rings is 4. The van der Waals surface area contributed by atoms with Crippen LogP contribution in [0.4, 0.5) is 5.69 Å². The topological polar surface area (TPSA) is 124 Å². The SMILES string of the molecule is O=C(Nc1cccc(C2OC(CSc3ccccn3)C(c3ccccc3)C(c3ccc(CO)cc3)O2)c1)c1ccc2c(c1)C(=O)OC2=O. The van der Waals surface area contributed by atoms with E-state index in [1.54, 1.807) is 30.1 Å². The third-order valence-corrected chi connectivity index (χ3v) is 9.36. The molecule has 0 bridgehead atoms. The summed E-state index contributed by atoms with van der Waals surface area (Å²) < 4.78 is 18.2. The Balaban J connectivity index is 1.19. The minimum atomic E-state index is -0.778. The Morgan fingerprint density at radius 1 is 0.771 bits per heavy atom. The summed E-state index contributed by atoms with van der Waals surface area (Å²) in [6, 6.07) is 35.2. The number of aromatic nitrogens is 1. The molecule has 4 aromatic carbocycles. The molecule has 4 unspecified atom stereocenters. The number of carbonyl (C=O) groups excluding carboxylic acids is 3. The van der Waals surface area contributed by atoms with Crippen LogP contribution < -0.4 is 5.32 Å². The van der Waals surface area contributed by atoms with E-state index in [2.05, 4.69) is 27.2 Å². The average molecular weight is 659 g/mol. The highest BCUT2D eigenvalue weighted by Crippen LogP contribution is 2.48. The molecule has 5 aromatic rings. The Labute approximate surface area is 280 Å². The number of rotatable bonds is 9. The van der Waals surface area contributed by atoms with Crippen LogP contribution in [0.1, 0.15) is 71.6 Å². The fourth-order valence-corrected chi connectivity index (χ4v) is 6.88. The van der Waals surface area contributed by atoms with Gasteiger partial charge in [-0.2, -0.15) is 0 Å². The van der Waals surface area contributed by atoms with Crippen molar-refractivity contribution in [2.24, 2.45) is 0 Å². The van der Waals surface area contributed by atoms with Crippen LogP contribution in [0.3, 0.4) is 0 Å². The molecule has 1 fully saturated rings. The normalized spacial score (nSPS) is 20.2. The molecule has 3 heterocycles. The molecule has 0 saturated carbocycles. The van der Waals surface area contributed by atoms with Gasteiger partial charge < -0.3 is 24.6 Å². The maximum Gasteiger partial charge on any atom is 0.346 e. The highest BCUT2D eigenvalue weighted by molar-refractivity contribution is 7.99. The minimum Gasteiger partial charge on any atom is -0.392 e. The van der Waals surface area contributed by atoms with Crippen molar-refractivity contribution < 1.29 is 33.7 Å². The van der Waals surface area contributed by atoms with Gasteiger partial charge in [-0.05, 0) is 59.2 Å². The number of nitrogens with zero attached hydrogens (tertiary/aromatic N) is 1. The first-order valence-corrected chi connectivity index (χ1v) is 16.4. The molecule has 0 radical (unpaired) electrons. The molecule has 1 aromatic heterocycles. The van der Waals surface area contributed by atoms with E-state index in [0.29, 0.717) is 17.0 Å². The van der Waals surface area contributed by atoms with Gasteiger partial charge in [0.15, 0.2) is 6.29 Å². The van der Waals surface area contributed by atoms with Crippen LogP contribution in [0.5, 0.6) is 0 Å². The second kappa shape index (κ2) is 13.9. The molecular weight excluding hydrogens is 628 g/mol. The molecule has 4 atom stereocenters. The summed E-state index contributed by atoms with van der Waals surface area (Å²) >= 11 is 1.61. The molecular formula is C38H30N2O7S. The highest BCUT2D eigenvalue weighted by atomic mass is 32.2. The number of thioether (sulfide) groups is 1. The third kappa shape index (κ3) is 6.65. The summed E-state index contributed by atoms with van der Waals surface area (Å²) in [7, 11) is 0. The molecule has 2 aliphatic heterocycles. The largest absolute Gasteiger partial charge is 0.392 e. The molecule has 1 amide bonds. The summed E-state index contributed by atoms with van der Waals surface area (Å²) in [6.45, 7) is -0.0603. The minimum absolute atomic E-state index is 0.0603. The Morgan fingerprint density at radius 3 is 2.31 bits per heavy atom. The molecule has 48 heavy (non-hydrogen) atoms. The molecule has 7 rings (SSSR count). The fourth-order valence-electron chi connectivity index (χ4n) is 5.94. The zero-order valence-corrected chi connectivity index (χ0v) is 26.3. The van der Waals surface area contributed by atoms with E-state index in [4.69, 9.17) is 9.47 Å². The Hall–Kier alpha value is -5.13. The molecule has 10 heteroatoms. The number of fused-ring (bicyclic) bond motifs is 1. The summed E-state index contributed by atoms with van der Waals surface area (Å²) in [5.74, 6) is -1.52. The zero-order chi connectivity index (χ0) is 33.0. The van der Waals surface area contributed by atoms with Gasteiger partial charge in [0.1, 0.15) is 0 Å². The van der Waals surface area contributed by atoms with Gasteiger partial charge in [0.05, 0.1) is 35.0 Å². The number of cyclic esters (lactones) is 2. The summed E-state index contributed by atoms with van der Waals surface area (Å²) in [5.41, 5.74) is 4.42. The summed E-state index contributed by atoms with van der Waals surface area (Å²) in [5, 5.41) is 13.4. The highest BCUT2D eigenvalue weighted by Gasteiger charge is 2.42. The van der Waals surface area contributed by atoms with Gasteiger partial charge in [-0.1, -0.05) is 72.8 Å². The van der Waals surface area contributed by atoms with Gasteiger partial charge in [-0.25, -0.2) is 14.6 Å². The number of hydrogen-bond donors (Lipinski definition) is 2. The second-order valence-corrected chi connectivity index (χ2v) is 12.4. The Bertz CT molecular complexity index is 1950. The smallest absolute Gasteiger partial charge is 0.346 e. The van der Waals surface area contributed by atoms with Gasteiger partial charge in [-0.3, -0.25) is 4.79 Å². The number of aliphatic hydroxyl groups excluding tert-OH is 1. The van der Waals surface area contributed by atoms with Crippen molar-refractivity contribution in [3.05, 3.63) is 160 Å². The first-order valence-electron chi connectivity index (χ1n) is 15.4. The number of hydrogen-bond acceptors (Lipinski definition) is 9. The third-order valence-electron chi connectivity index (χ3n) is 8.33. The van der Waals surface area contributed by atoms with E-state index in [1.807, 2.05) is 72.8 Å². The first kappa shape index (κ1) is 31.5. The lowest BCUT2D eigenvalue weighted by Gasteiger charge is -2.43. The van der Waals surface area contributed by atoms with Crippen LogP contribution in [0, 0.1) is 0 Å². The van der Waals surface area contributed by atoms with Crippen molar-refractivity contribution >= 4 is 35.3 Å². The van der Waals surface area contributed by atoms with Crippen LogP contribution >= 0.6 is 11.8 Å². The quantitative estimate of drug-likeness (QED) is 0.0992. The van der Waals surface area contributed by atoms with Crippen LogP contribution in [-0.4, -0.2) is 39.8 Å². The number of aliphatic hydroxyl groups is 1. The van der Waals surface area contributed by atoms with Crippen molar-refractivity contribution in [3.63, 3.8) is 0 Å². The maximum absolute atomic E-state index is 13.2. The Kier molecular flexibility index (Phi) is 9.13. The van der Waals surface area contributed by atoms with Crippen molar-refractivity contribution in [1.82, 2.24) is 4.98 Å². The molecule has 0 spiro atoms. The zero-order valence-electron chi connectivity index (χ0n) is 25.5. The molecule has 240 valence electrons. The lowest BCUT2D eigenvalue weighted by Crippen LogP contribution is -2.38. The van der Waals surface area contributed by atoms with E-state index >= 15 is 0 Å². The van der Waals surface area contributed by atoms with Crippen molar-refractivity contribution in [1.29, 1.82) is 0 Å². The van der Waals surface area contributed by atoms with E-state index in [0.717, 1.165) is 21.7 Å². The van der Waals surface area contributed by atoms with E-state index < -0.39 is 30.2 Å². The fraction of sp³-hybridized carbons (Fsp3) is 0.158. The molecule has 0 aliphatic carbocycles. The van der Waals surface area contributed by atoms with Crippen molar-refractivity contribution in [2.75, 3.05) is 11.1 Å². The number of anilines is 1. The number of carbonyl (C=O) groups is 3. The molecule has 9 nitrogen and oxygen atoms in total. The number of pyridine rings is 1.